The molecule has 176 valence electrons. The van der Waals surface area contributed by atoms with Gasteiger partial charge in [0, 0.05) is 34.4 Å². The standard InChI is InChI=1S/C28H16O8/c29-15-5-1-13(2-6-15)23-24-20(10-18(32)11-21(24)33)28(14-3-7-16(30)8-4-14)25-19(26(23)34)9-17(31)12-22(25)36-27(28)35/h1-12,29-31,33H/t28-/m1/s1. The van der Waals surface area contributed by atoms with E-state index in [-0.39, 0.29) is 56.4 Å². The van der Waals surface area contributed by atoms with E-state index in [0.29, 0.717) is 5.56 Å². The molecule has 6 rings (SSSR count). The zero-order chi connectivity index (χ0) is 25.4. The molecule has 0 fully saturated rings. The largest absolute Gasteiger partial charge is 0.508 e. The number of phenolic OH excluding ortho intramolecular Hbond substituents is 3. The Labute approximate surface area is 203 Å². The zero-order valence-corrected chi connectivity index (χ0v) is 18.4. The van der Waals surface area contributed by atoms with Gasteiger partial charge in [-0.25, -0.2) is 4.79 Å². The van der Waals surface area contributed by atoms with Crippen LogP contribution in [0.25, 0.3) is 5.57 Å². The van der Waals surface area contributed by atoms with Gasteiger partial charge >= 0.3 is 5.97 Å². The maximum atomic E-state index is 14.1. The van der Waals surface area contributed by atoms with E-state index < -0.39 is 28.7 Å². The van der Waals surface area contributed by atoms with Crippen LogP contribution in [0.1, 0.15) is 27.0 Å². The van der Waals surface area contributed by atoms with Gasteiger partial charge in [0.2, 0.25) is 0 Å². The third-order valence-electron chi connectivity index (χ3n) is 6.64. The number of benzene rings is 3. The van der Waals surface area contributed by atoms with Crippen LogP contribution in [0, 0.1) is 0 Å². The van der Waals surface area contributed by atoms with Crippen molar-refractivity contribution in [3.63, 3.8) is 0 Å². The van der Waals surface area contributed by atoms with Crippen molar-refractivity contribution >= 4 is 23.1 Å². The number of carbonyl (C=O) groups is 3. The topological polar surface area (TPSA) is 141 Å². The number of aliphatic hydroxyl groups is 1. The zero-order valence-electron chi connectivity index (χ0n) is 18.4. The molecule has 0 unspecified atom stereocenters. The van der Waals surface area contributed by atoms with Gasteiger partial charge in [0.1, 0.15) is 34.2 Å². The molecule has 0 saturated heterocycles. The van der Waals surface area contributed by atoms with Gasteiger partial charge in [0.15, 0.2) is 11.6 Å². The van der Waals surface area contributed by atoms with Crippen molar-refractivity contribution in [2.45, 2.75) is 5.41 Å². The lowest BCUT2D eigenvalue weighted by Crippen LogP contribution is -2.39. The van der Waals surface area contributed by atoms with Crippen LogP contribution in [0.3, 0.4) is 0 Å². The van der Waals surface area contributed by atoms with Gasteiger partial charge in [-0.05, 0) is 53.1 Å². The Morgan fingerprint density at radius 3 is 2.00 bits per heavy atom. The molecule has 2 aliphatic carbocycles. The number of hydrogen-bond donors (Lipinski definition) is 4. The maximum Gasteiger partial charge on any atom is 0.331 e. The Hall–Kier alpha value is -5.11. The number of phenols is 3. The van der Waals surface area contributed by atoms with E-state index in [2.05, 4.69) is 0 Å². The van der Waals surface area contributed by atoms with Crippen molar-refractivity contribution in [3.8, 4) is 23.0 Å². The summed E-state index contributed by atoms with van der Waals surface area (Å²) in [6.45, 7) is 0. The van der Waals surface area contributed by atoms with Gasteiger partial charge in [-0.3, -0.25) is 9.59 Å². The number of Topliss-reactive ketones (excluding diaryl/α,β-unsaturated/α-hetero) is 1. The fourth-order valence-corrected chi connectivity index (χ4v) is 5.21. The summed E-state index contributed by atoms with van der Waals surface area (Å²) in [4.78, 5) is 40.6. The minimum absolute atomic E-state index is 0.0165. The quantitative estimate of drug-likeness (QED) is 0.322. The Morgan fingerprint density at radius 2 is 1.33 bits per heavy atom. The predicted molar refractivity (Wildman–Crippen MR) is 126 cm³/mol. The Kier molecular flexibility index (Phi) is 4.28. The van der Waals surface area contributed by atoms with E-state index in [1.54, 1.807) is 0 Å². The molecule has 0 bridgehead atoms. The highest BCUT2D eigenvalue weighted by Crippen LogP contribution is 2.58. The van der Waals surface area contributed by atoms with Crippen molar-refractivity contribution in [1.82, 2.24) is 0 Å². The fourth-order valence-electron chi connectivity index (χ4n) is 5.21. The molecular formula is C28H16O8. The van der Waals surface area contributed by atoms with Crippen molar-refractivity contribution in [2.75, 3.05) is 0 Å². The van der Waals surface area contributed by atoms with Crippen LogP contribution >= 0.6 is 0 Å². The molecule has 0 radical (unpaired) electrons. The van der Waals surface area contributed by atoms with Gasteiger partial charge in [0.05, 0.1) is 0 Å². The van der Waals surface area contributed by atoms with Crippen LogP contribution in [0.2, 0.25) is 0 Å². The lowest BCUT2D eigenvalue weighted by Gasteiger charge is -2.32. The average Bonchev–Trinajstić information content (AvgIpc) is 3.08. The van der Waals surface area contributed by atoms with E-state index in [0.717, 1.165) is 6.08 Å². The first-order chi connectivity index (χ1) is 17.2. The molecular weight excluding hydrogens is 464 g/mol. The van der Waals surface area contributed by atoms with Gasteiger partial charge in [-0.2, -0.15) is 0 Å². The van der Waals surface area contributed by atoms with Crippen LogP contribution in [0.15, 0.2) is 89.7 Å². The molecule has 0 spiro atoms. The molecule has 1 atom stereocenters. The highest BCUT2D eigenvalue weighted by atomic mass is 16.5. The SMILES string of the molecule is O=C1C=C(O)C2=C(c3ccc(O)cc3)C(=O)c3cc(O)cc4c3[C@](c3ccc(O)cc3)(C(=O)O4)C2=C1. The molecule has 0 amide bonds. The molecule has 8 nitrogen and oxygen atoms in total. The number of rotatable bonds is 2. The summed E-state index contributed by atoms with van der Waals surface area (Å²) in [5.41, 5.74) is -1.30. The summed E-state index contributed by atoms with van der Waals surface area (Å²) in [5.74, 6) is -3.13. The molecule has 36 heavy (non-hydrogen) atoms. The Bertz CT molecular complexity index is 1620. The second-order valence-corrected chi connectivity index (χ2v) is 8.67. The normalized spacial score (nSPS) is 20.3. The third-order valence-corrected chi connectivity index (χ3v) is 6.64. The average molecular weight is 480 g/mol. The van der Waals surface area contributed by atoms with Crippen molar-refractivity contribution in [1.29, 1.82) is 0 Å². The maximum absolute atomic E-state index is 14.1. The molecule has 1 heterocycles. The molecule has 0 saturated carbocycles. The van der Waals surface area contributed by atoms with Crippen LogP contribution < -0.4 is 4.74 Å². The lowest BCUT2D eigenvalue weighted by molar-refractivity contribution is -0.135. The number of ketones is 2. The van der Waals surface area contributed by atoms with Crippen LogP contribution in [-0.4, -0.2) is 38.0 Å². The van der Waals surface area contributed by atoms with Crippen molar-refractivity contribution in [3.05, 3.63) is 112 Å². The van der Waals surface area contributed by atoms with Gasteiger partial charge in [-0.15, -0.1) is 0 Å². The molecule has 8 heteroatoms. The number of aliphatic hydroxyl groups excluding tert-OH is 1. The van der Waals surface area contributed by atoms with Crippen molar-refractivity contribution in [2.24, 2.45) is 0 Å². The Morgan fingerprint density at radius 1 is 0.694 bits per heavy atom. The molecule has 0 aromatic heterocycles. The van der Waals surface area contributed by atoms with Crippen LogP contribution in [-0.2, 0) is 15.0 Å². The predicted octanol–water partition coefficient (Wildman–Crippen LogP) is 3.61. The number of hydrogen-bond acceptors (Lipinski definition) is 8. The molecule has 1 aliphatic heterocycles. The van der Waals surface area contributed by atoms with Crippen molar-refractivity contribution < 1.29 is 39.5 Å². The van der Waals surface area contributed by atoms with Gasteiger partial charge < -0.3 is 25.2 Å². The number of esters is 1. The highest BCUT2D eigenvalue weighted by Gasteiger charge is 2.59. The lowest BCUT2D eigenvalue weighted by atomic mass is 9.66. The van der Waals surface area contributed by atoms with E-state index in [9.17, 15) is 34.8 Å². The Balaban J connectivity index is 1.83. The summed E-state index contributed by atoms with van der Waals surface area (Å²) in [6.07, 6.45) is 2.12. The summed E-state index contributed by atoms with van der Waals surface area (Å²) in [7, 11) is 0. The second-order valence-electron chi connectivity index (χ2n) is 8.67. The summed E-state index contributed by atoms with van der Waals surface area (Å²) in [5, 5.41) is 41.1. The molecule has 3 aliphatic rings. The minimum atomic E-state index is -1.87. The molecule has 4 N–H and O–H groups in total. The molecule has 3 aromatic rings. The highest BCUT2D eigenvalue weighted by molar-refractivity contribution is 6.34. The smallest absolute Gasteiger partial charge is 0.331 e. The number of allylic oxidation sites excluding steroid dienone is 4. The fraction of sp³-hybridized carbons (Fsp3) is 0.0357. The summed E-state index contributed by atoms with van der Waals surface area (Å²) in [6, 6.07) is 13.7. The van der Waals surface area contributed by atoms with Crippen LogP contribution in [0.4, 0.5) is 0 Å². The number of aromatic hydroxyl groups is 3. The van der Waals surface area contributed by atoms with Gasteiger partial charge in [0.25, 0.3) is 0 Å². The minimum Gasteiger partial charge on any atom is -0.508 e. The first-order valence-corrected chi connectivity index (χ1v) is 10.9. The van der Waals surface area contributed by atoms with E-state index in [4.69, 9.17) is 4.74 Å². The summed E-state index contributed by atoms with van der Waals surface area (Å²) < 4.78 is 5.56. The first-order valence-electron chi connectivity index (χ1n) is 10.9. The van der Waals surface area contributed by atoms with E-state index >= 15 is 0 Å². The van der Waals surface area contributed by atoms with Crippen LogP contribution in [0.5, 0.6) is 23.0 Å². The number of ether oxygens (including phenoxy) is 1. The monoisotopic (exact) mass is 480 g/mol. The van der Waals surface area contributed by atoms with E-state index in [1.807, 2.05) is 0 Å². The summed E-state index contributed by atoms with van der Waals surface area (Å²) >= 11 is 0. The first kappa shape index (κ1) is 21.4. The molecule has 3 aromatic carbocycles. The second kappa shape index (κ2) is 7.19. The number of fused-ring (bicyclic) bond motifs is 2. The van der Waals surface area contributed by atoms with Gasteiger partial charge in [-0.1, -0.05) is 24.3 Å². The van der Waals surface area contributed by atoms with E-state index in [1.165, 1.54) is 66.7 Å². The number of carbonyl (C=O) groups excluding carboxylic acids is 3. The third kappa shape index (κ3) is 2.72.